The normalized spacial score (nSPS) is 10.5. The first-order valence-corrected chi connectivity index (χ1v) is 6.49. The summed E-state index contributed by atoms with van der Waals surface area (Å²) < 4.78 is 2.69. The van der Waals surface area contributed by atoms with Gasteiger partial charge in [0.05, 0.1) is 0 Å². The predicted molar refractivity (Wildman–Crippen MR) is 67.6 cm³/mol. The van der Waals surface area contributed by atoms with Crippen molar-refractivity contribution < 1.29 is 0 Å². The molecule has 0 aliphatic heterocycles. The Balaban J connectivity index is 2.37. The van der Waals surface area contributed by atoms with Gasteiger partial charge in [0.15, 0.2) is 0 Å². The molecule has 0 radical (unpaired) electrons. The van der Waals surface area contributed by atoms with Gasteiger partial charge < -0.3 is 4.57 Å². The van der Waals surface area contributed by atoms with Gasteiger partial charge in [0.1, 0.15) is 0 Å². The van der Waals surface area contributed by atoms with Crippen molar-refractivity contribution in [2.24, 2.45) is 0 Å². The maximum absolute atomic E-state index is 11.4. The summed E-state index contributed by atoms with van der Waals surface area (Å²) in [5.41, 5.74) is 0.0653. The first kappa shape index (κ1) is 12.8. The van der Waals surface area contributed by atoms with Gasteiger partial charge >= 0.3 is 0 Å². The van der Waals surface area contributed by atoms with E-state index in [9.17, 15) is 4.79 Å². The van der Waals surface area contributed by atoms with Crippen molar-refractivity contribution in [3.63, 3.8) is 0 Å². The van der Waals surface area contributed by atoms with Gasteiger partial charge in [0.2, 0.25) is 0 Å². The number of aryl methyl sites for hydroxylation is 1. The van der Waals surface area contributed by atoms with Crippen LogP contribution in [0.3, 0.4) is 0 Å². The monoisotopic (exact) mass is 291 g/mol. The summed E-state index contributed by atoms with van der Waals surface area (Å²) in [7, 11) is 0. The lowest BCUT2D eigenvalue weighted by molar-refractivity contribution is 0.570. The summed E-state index contributed by atoms with van der Waals surface area (Å²) in [4.78, 5) is 11.4. The molecule has 2 nitrogen and oxygen atoms in total. The van der Waals surface area contributed by atoms with Gasteiger partial charge in [-0.2, -0.15) is 0 Å². The van der Waals surface area contributed by atoms with Crippen molar-refractivity contribution >= 4 is 27.5 Å². The van der Waals surface area contributed by atoms with Crippen LogP contribution in [0.2, 0.25) is 0 Å². The Hall–Kier alpha value is -0.280. The van der Waals surface area contributed by atoms with Crippen LogP contribution < -0.4 is 5.56 Å². The standard InChI is InChI=1S/C11H15BrClNO/c12-10-5-6-11(15)14(9-10)8-4-2-1-3-7-13/h5-6,9H,1-4,7-8H2. The van der Waals surface area contributed by atoms with Crippen molar-refractivity contribution in [3.8, 4) is 0 Å². The van der Waals surface area contributed by atoms with Gasteiger partial charge in [-0.3, -0.25) is 4.79 Å². The molecule has 0 spiro atoms. The lowest BCUT2D eigenvalue weighted by atomic mass is 10.2. The Morgan fingerprint density at radius 3 is 2.67 bits per heavy atom. The number of unbranched alkanes of at least 4 members (excludes halogenated alkanes) is 3. The van der Waals surface area contributed by atoms with Crippen LogP contribution in [0, 0.1) is 0 Å². The number of pyridine rings is 1. The first-order valence-electron chi connectivity index (χ1n) is 5.16. The van der Waals surface area contributed by atoms with Crippen LogP contribution in [-0.4, -0.2) is 10.4 Å². The number of alkyl halides is 1. The fraction of sp³-hybridized carbons (Fsp3) is 0.545. The van der Waals surface area contributed by atoms with Crippen LogP contribution in [0.4, 0.5) is 0 Å². The van der Waals surface area contributed by atoms with Crippen molar-refractivity contribution in [1.82, 2.24) is 4.57 Å². The van der Waals surface area contributed by atoms with E-state index < -0.39 is 0 Å². The Morgan fingerprint density at radius 1 is 1.20 bits per heavy atom. The Labute approximate surface area is 103 Å². The molecule has 0 aliphatic carbocycles. The van der Waals surface area contributed by atoms with Crippen molar-refractivity contribution in [1.29, 1.82) is 0 Å². The maximum Gasteiger partial charge on any atom is 0.250 e. The topological polar surface area (TPSA) is 22.0 Å². The average molecular weight is 293 g/mol. The number of aromatic nitrogens is 1. The highest BCUT2D eigenvalue weighted by Gasteiger charge is 1.96. The summed E-state index contributed by atoms with van der Waals surface area (Å²) in [6.45, 7) is 0.792. The minimum Gasteiger partial charge on any atom is -0.314 e. The summed E-state index contributed by atoms with van der Waals surface area (Å²) in [5, 5.41) is 0. The molecule has 1 rings (SSSR count). The summed E-state index contributed by atoms with van der Waals surface area (Å²) in [5.74, 6) is 0.733. The molecule has 0 N–H and O–H groups in total. The smallest absolute Gasteiger partial charge is 0.250 e. The third-order valence-corrected chi connectivity index (χ3v) is 2.97. The first-order chi connectivity index (χ1) is 7.24. The van der Waals surface area contributed by atoms with E-state index >= 15 is 0 Å². The molecule has 0 bridgehead atoms. The Morgan fingerprint density at radius 2 is 1.93 bits per heavy atom. The molecule has 0 aromatic carbocycles. The van der Waals surface area contributed by atoms with Crippen LogP contribution in [0.1, 0.15) is 25.7 Å². The Kier molecular flexibility index (Phi) is 6.03. The maximum atomic E-state index is 11.4. The van der Waals surface area contributed by atoms with E-state index in [1.165, 1.54) is 0 Å². The second-order valence-electron chi connectivity index (χ2n) is 3.48. The molecule has 0 atom stereocenters. The minimum absolute atomic E-state index is 0.0653. The van der Waals surface area contributed by atoms with Crippen LogP contribution in [-0.2, 0) is 6.54 Å². The second-order valence-corrected chi connectivity index (χ2v) is 4.78. The van der Waals surface area contributed by atoms with Gasteiger partial charge in [-0.1, -0.05) is 12.8 Å². The molecule has 0 saturated carbocycles. The van der Waals surface area contributed by atoms with Crippen LogP contribution in [0.5, 0.6) is 0 Å². The molecule has 4 heteroatoms. The molecule has 1 heterocycles. The lowest BCUT2D eigenvalue weighted by Gasteiger charge is -2.05. The summed E-state index contributed by atoms with van der Waals surface area (Å²) in [6.07, 6.45) is 6.21. The highest BCUT2D eigenvalue weighted by molar-refractivity contribution is 9.10. The van der Waals surface area contributed by atoms with E-state index in [2.05, 4.69) is 15.9 Å². The molecule has 84 valence electrons. The van der Waals surface area contributed by atoms with Crippen LogP contribution >= 0.6 is 27.5 Å². The van der Waals surface area contributed by atoms with Crippen molar-refractivity contribution in [2.75, 3.05) is 5.88 Å². The lowest BCUT2D eigenvalue weighted by Crippen LogP contribution is -2.18. The number of nitrogens with zero attached hydrogens (tertiary/aromatic N) is 1. The largest absolute Gasteiger partial charge is 0.314 e. The van der Waals surface area contributed by atoms with E-state index in [4.69, 9.17) is 11.6 Å². The highest BCUT2D eigenvalue weighted by atomic mass is 79.9. The molecule has 1 aromatic rings. The molecular formula is C11H15BrClNO. The van der Waals surface area contributed by atoms with Gasteiger partial charge in [-0.15, -0.1) is 11.6 Å². The van der Waals surface area contributed by atoms with Gasteiger partial charge in [-0.25, -0.2) is 0 Å². The molecule has 0 saturated heterocycles. The summed E-state index contributed by atoms with van der Waals surface area (Å²) in [6, 6.07) is 3.36. The minimum atomic E-state index is 0.0653. The van der Waals surface area contributed by atoms with Crippen molar-refractivity contribution in [3.05, 3.63) is 33.2 Å². The fourth-order valence-electron chi connectivity index (χ4n) is 1.41. The second kappa shape index (κ2) is 7.07. The van der Waals surface area contributed by atoms with E-state index in [1.54, 1.807) is 16.7 Å². The number of rotatable bonds is 6. The van der Waals surface area contributed by atoms with Gasteiger partial charge in [0, 0.05) is 29.2 Å². The fourth-order valence-corrected chi connectivity index (χ4v) is 1.98. The molecule has 0 aliphatic rings. The van der Waals surface area contributed by atoms with Gasteiger partial charge in [0.25, 0.3) is 5.56 Å². The molecular weight excluding hydrogens is 277 g/mol. The zero-order valence-corrected chi connectivity index (χ0v) is 10.9. The molecule has 1 aromatic heterocycles. The predicted octanol–water partition coefficient (Wildman–Crippen LogP) is 3.41. The van der Waals surface area contributed by atoms with Gasteiger partial charge in [-0.05, 0) is 34.8 Å². The number of hydrogen-bond acceptors (Lipinski definition) is 1. The molecule has 0 unspecified atom stereocenters. The van der Waals surface area contributed by atoms with Crippen LogP contribution in [0.25, 0.3) is 0 Å². The molecule has 0 fully saturated rings. The number of halogens is 2. The Bertz CT molecular complexity index is 351. The zero-order chi connectivity index (χ0) is 11.1. The average Bonchev–Trinajstić information content (AvgIpc) is 2.23. The van der Waals surface area contributed by atoms with E-state index in [-0.39, 0.29) is 5.56 Å². The van der Waals surface area contributed by atoms with Crippen molar-refractivity contribution in [2.45, 2.75) is 32.2 Å². The molecule has 0 amide bonds. The van der Waals surface area contributed by atoms with E-state index in [0.717, 1.165) is 42.6 Å². The third kappa shape index (κ3) is 4.85. The van der Waals surface area contributed by atoms with E-state index in [1.807, 2.05) is 6.20 Å². The summed E-state index contributed by atoms with van der Waals surface area (Å²) >= 11 is 8.94. The quantitative estimate of drug-likeness (QED) is 0.582. The van der Waals surface area contributed by atoms with Crippen LogP contribution in [0.15, 0.2) is 27.6 Å². The number of hydrogen-bond donors (Lipinski definition) is 0. The zero-order valence-electron chi connectivity index (χ0n) is 8.59. The molecule has 15 heavy (non-hydrogen) atoms. The highest BCUT2D eigenvalue weighted by Crippen LogP contribution is 2.07. The SMILES string of the molecule is O=c1ccc(Br)cn1CCCCCCCl. The third-order valence-electron chi connectivity index (χ3n) is 2.23. The van der Waals surface area contributed by atoms with E-state index in [0.29, 0.717) is 0 Å².